The maximum atomic E-state index is 12.7. The maximum absolute atomic E-state index is 12.7. The van der Waals surface area contributed by atoms with E-state index in [0.717, 1.165) is 36.9 Å². The molecule has 0 spiro atoms. The first-order valence-corrected chi connectivity index (χ1v) is 9.79. The van der Waals surface area contributed by atoms with E-state index in [4.69, 9.17) is 0 Å². The van der Waals surface area contributed by atoms with Crippen LogP contribution in [0.5, 0.6) is 0 Å². The molecule has 1 aromatic heterocycles. The molecule has 1 saturated carbocycles. The average molecular weight is 510 g/mol. The fourth-order valence-corrected chi connectivity index (χ4v) is 3.83. The number of rotatable bonds is 6. The SMILES string of the molecule is CN=C(NCc1cnn(-c2ccccc2)c1)NCC1(C(=O)N(C)C)CCCC1.I. The van der Waals surface area contributed by atoms with E-state index in [1.165, 1.54) is 0 Å². The summed E-state index contributed by atoms with van der Waals surface area (Å²) in [6.07, 6.45) is 7.92. The van der Waals surface area contributed by atoms with Gasteiger partial charge in [0, 0.05) is 46.0 Å². The Balaban J connectivity index is 0.00000300. The Morgan fingerprint density at radius 3 is 2.52 bits per heavy atom. The van der Waals surface area contributed by atoms with E-state index in [0.29, 0.717) is 19.0 Å². The van der Waals surface area contributed by atoms with Crippen molar-refractivity contribution in [1.29, 1.82) is 0 Å². The van der Waals surface area contributed by atoms with Gasteiger partial charge in [0.15, 0.2) is 5.96 Å². The second kappa shape index (κ2) is 10.6. The molecule has 2 aromatic rings. The number of benzene rings is 1. The number of guanidine groups is 1. The molecule has 1 aliphatic carbocycles. The summed E-state index contributed by atoms with van der Waals surface area (Å²) in [7, 11) is 5.41. The van der Waals surface area contributed by atoms with Gasteiger partial charge in [-0.2, -0.15) is 5.10 Å². The Morgan fingerprint density at radius 1 is 1.21 bits per heavy atom. The molecule has 2 N–H and O–H groups in total. The number of para-hydroxylation sites is 1. The predicted octanol–water partition coefficient (Wildman–Crippen LogP) is 2.80. The highest BCUT2D eigenvalue weighted by atomic mass is 127. The zero-order valence-corrected chi connectivity index (χ0v) is 19.7. The van der Waals surface area contributed by atoms with Gasteiger partial charge < -0.3 is 15.5 Å². The lowest BCUT2D eigenvalue weighted by Crippen LogP contribution is -2.49. The van der Waals surface area contributed by atoms with Gasteiger partial charge in [-0.25, -0.2) is 4.68 Å². The first-order chi connectivity index (χ1) is 13.5. The van der Waals surface area contributed by atoms with Gasteiger partial charge in [-0.15, -0.1) is 24.0 Å². The van der Waals surface area contributed by atoms with Gasteiger partial charge in [-0.3, -0.25) is 9.79 Å². The summed E-state index contributed by atoms with van der Waals surface area (Å²) in [5.41, 5.74) is 1.77. The minimum atomic E-state index is -0.320. The van der Waals surface area contributed by atoms with E-state index >= 15 is 0 Å². The van der Waals surface area contributed by atoms with Crippen LogP contribution >= 0.6 is 24.0 Å². The normalized spacial score (nSPS) is 15.5. The van der Waals surface area contributed by atoms with Gasteiger partial charge in [0.2, 0.25) is 5.91 Å². The number of aromatic nitrogens is 2. The molecule has 0 bridgehead atoms. The van der Waals surface area contributed by atoms with Crippen LogP contribution in [0.15, 0.2) is 47.7 Å². The van der Waals surface area contributed by atoms with E-state index in [2.05, 4.69) is 20.7 Å². The summed E-state index contributed by atoms with van der Waals surface area (Å²) >= 11 is 0. The first kappa shape index (κ1) is 23.2. The van der Waals surface area contributed by atoms with Gasteiger partial charge >= 0.3 is 0 Å². The monoisotopic (exact) mass is 510 g/mol. The van der Waals surface area contributed by atoms with E-state index in [1.54, 1.807) is 11.9 Å². The number of nitrogens with one attached hydrogen (secondary N) is 2. The fraction of sp³-hybridized carbons (Fsp3) is 0.476. The van der Waals surface area contributed by atoms with Crippen molar-refractivity contribution in [2.75, 3.05) is 27.7 Å². The van der Waals surface area contributed by atoms with Gasteiger partial charge in [-0.05, 0) is 25.0 Å². The first-order valence-electron chi connectivity index (χ1n) is 9.79. The van der Waals surface area contributed by atoms with Crippen molar-refractivity contribution >= 4 is 35.8 Å². The van der Waals surface area contributed by atoms with Crippen molar-refractivity contribution < 1.29 is 4.79 Å². The number of carbonyl (C=O) groups excluding carboxylic acids is 1. The number of hydrogen-bond donors (Lipinski definition) is 2. The summed E-state index contributed by atoms with van der Waals surface area (Å²) in [5, 5.41) is 11.1. The fourth-order valence-electron chi connectivity index (χ4n) is 3.83. The molecular weight excluding hydrogens is 479 g/mol. The molecule has 1 fully saturated rings. The molecule has 7 nitrogen and oxygen atoms in total. The topological polar surface area (TPSA) is 74.5 Å². The van der Waals surface area contributed by atoms with E-state index < -0.39 is 0 Å². The number of halogens is 1. The highest BCUT2D eigenvalue weighted by molar-refractivity contribution is 14.0. The molecule has 1 aliphatic rings. The number of amides is 1. The Bertz CT molecular complexity index is 812. The molecule has 0 radical (unpaired) electrons. The van der Waals surface area contributed by atoms with Crippen molar-refractivity contribution in [3.63, 3.8) is 0 Å². The predicted molar refractivity (Wildman–Crippen MR) is 127 cm³/mol. The Kier molecular flexibility index (Phi) is 8.48. The molecule has 0 aliphatic heterocycles. The zero-order valence-electron chi connectivity index (χ0n) is 17.4. The van der Waals surface area contributed by atoms with Crippen LogP contribution in [0, 0.1) is 5.41 Å². The Morgan fingerprint density at radius 2 is 1.90 bits per heavy atom. The third-order valence-corrected chi connectivity index (χ3v) is 5.36. The molecule has 1 heterocycles. The van der Waals surface area contributed by atoms with Crippen molar-refractivity contribution in [2.24, 2.45) is 10.4 Å². The Labute approximate surface area is 190 Å². The summed E-state index contributed by atoms with van der Waals surface area (Å²) in [4.78, 5) is 18.7. The summed E-state index contributed by atoms with van der Waals surface area (Å²) < 4.78 is 1.86. The Hall–Kier alpha value is -2.10. The minimum absolute atomic E-state index is 0. The van der Waals surface area contributed by atoms with Gasteiger partial charge in [-0.1, -0.05) is 31.0 Å². The van der Waals surface area contributed by atoms with E-state index in [9.17, 15) is 4.79 Å². The smallest absolute Gasteiger partial charge is 0.230 e. The second-order valence-corrected chi connectivity index (χ2v) is 7.60. The number of nitrogens with zero attached hydrogens (tertiary/aromatic N) is 4. The third-order valence-electron chi connectivity index (χ3n) is 5.36. The van der Waals surface area contributed by atoms with Crippen molar-refractivity contribution in [1.82, 2.24) is 25.3 Å². The molecule has 1 aromatic carbocycles. The van der Waals surface area contributed by atoms with Gasteiger partial charge in [0.1, 0.15) is 0 Å². The maximum Gasteiger partial charge on any atom is 0.230 e. The summed E-state index contributed by atoms with van der Waals surface area (Å²) in [6.45, 7) is 1.22. The van der Waals surface area contributed by atoms with E-state index in [-0.39, 0.29) is 35.3 Å². The lowest BCUT2D eigenvalue weighted by molar-refractivity contribution is -0.138. The molecule has 8 heteroatoms. The van der Waals surface area contributed by atoms with Crippen LogP contribution in [0.2, 0.25) is 0 Å². The van der Waals surface area contributed by atoms with Crippen LogP contribution in [0.25, 0.3) is 5.69 Å². The highest BCUT2D eigenvalue weighted by Crippen LogP contribution is 2.38. The largest absolute Gasteiger partial charge is 0.355 e. The second-order valence-electron chi connectivity index (χ2n) is 7.60. The number of carbonyl (C=O) groups is 1. The number of aliphatic imine (C=N–C) groups is 1. The van der Waals surface area contributed by atoms with Crippen LogP contribution in [0.4, 0.5) is 0 Å². The van der Waals surface area contributed by atoms with Crippen LogP contribution in [-0.4, -0.2) is 54.2 Å². The summed E-state index contributed by atoms with van der Waals surface area (Å²) in [6, 6.07) is 10.0. The standard InChI is InChI=1S/C21H30N6O.HI/c1-22-20(24-16-21(11-7-8-12-21)19(28)26(2)3)23-13-17-14-25-27(15-17)18-9-5-4-6-10-18;/h4-6,9-10,14-15H,7-8,11-13,16H2,1-3H3,(H2,22,23,24);1H. The molecule has 0 unspecified atom stereocenters. The van der Waals surface area contributed by atoms with Crippen LogP contribution < -0.4 is 10.6 Å². The third kappa shape index (κ3) is 5.71. The summed E-state index contributed by atoms with van der Waals surface area (Å²) in [5.74, 6) is 0.905. The zero-order chi connectivity index (χ0) is 20.0. The molecule has 1 amide bonds. The lowest BCUT2D eigenvalue weighted by Gasteiger charge is -2.31. The quantitative estimate of drug-likeness (QED) is 0.356. The molecule has 29 heavy (non-hydrogen) atoms. The number of hydrogen-bond acceptors (Lipinski definition) is 3. The minimum Gasteiger partial charge on any atom is -0.355 e. The molecular formula is C21H31IN6O. The van der Waals surface area contributed by atoms with E-state index in [1.807, 2.05) is 61.5 Å². The average Bonchev–Trinajstić information content (AvgIpc) is 3.38. The molecule has 0 atom stereocenters. The van der Waals surface area contributed by atoms with Crippen molar-refractivity contribution in [3.8, 4) is 5.69 Å². The van der Waals surface area contributed by atoms with Crippen LogP contribution in [0.3, 0.4) is 0 Å². The van der Waals surface area contributed by atoms with Crippen molar-refractivity contribution in [3.05, 3.63) is 48.3 Å². The lowest BCUT2D eigenvalue weighted by atomic mass is 9.84. The van der Waals surface area contributed by atoms with Gasteiger partial charge in [0.05, 0.1) is 17.3 Å². The van der Waals surface area contributed by atoms with Gasteiger partial charge in [0.25, 0.3) is 0 Å². The molecule has 3 rings (SSSR count). The highest BCUT2D eigenvalue weighted by Gasteiger charge is 2.42. The van der Waals surface area contributed by atoms with Crippen LogP contribution in [-0.2, 0) is 11.3 Å². The van der Waals surface area contributed by atoms with Crippen molar-refractivity contribution in [2.45, 2.75) is 32.2 Å². The molecule has 0 saturated heterocycles. The molecule has 158 valence electrons. The van der Waals surface area contributed by atoms with Crippen LogP contribution in [0.1, 0.15) is 31.2 Å².